The molecule has 0 bridgehead atoms. The summed E-state index contributed by atoms with van der Waals surface area (Å²) in [5.74, 6) is -4.73. The van der Waals surface area contributed by atoms with Crippen molar-refractivity contribution in [1.29, 1.82) is 0 Å². The molecule has 1 fully saturated rings. The zero-order valence-corrected chi connectivity index (χ0v) is 28.9. The third-order valence-electron chi connectivity index (χ3n) is 7.23. The van der Waals surface area contributed by atoms with Gasteiger partial charge in [-0.05, 0) is 29.3 Å². The van der Waals surface area contributed by atoms with E-state index in [1.165, 1.54) is 47.0 Å². The number of carboxylic acids is 1. The van der Waals surface area contributed by atoms with Crippen LogP contribution in [0.1, 0.15) is 35.8 Å². The second-order valence-electron chi connectivity index (χ2n) is 10.7. The van der Waals surface area contributed by atoms with Crippen LogP contribution in [0.4, 0.5) is 4.79 Å². The Bertz CT molecular complexity index is 1890. The number of imide groups is 1. The van der Waals surface area contributed by atoms with Gasteiger partial charge in [-0.15, -0.1) is 22.0 Å². The van der Waals surface area contributed by atoms with E-state index in [-0.39, 0.29) is 28.5 Å². The van der Waals surface area contributed by atoms with E-state index < -0.39 is 59.1 Å². The summed E-state index contributed by atoms with van der Waals surface area (Å²) in [5, 5.41) is 22.2. The monoisotopic (exact) mass is 740 g/mol. The number of carbonyl (C=O) groups is 7. The van der Waals surface area contributed by atoms with Gasteiger partial charge in [-0.2, -0.15) is 0 Å². The van der Waals surface area contributed by atoms with Gasteiger partial charge in [-0.3, -0.25) is 33.8 Å². The molecule has 5 rings (SSSR count). The number of ether oxygens (including phenoxy) is 2. The quantitative estimate of drug-likeness (QED) is 0.112. The Kier molecular flexibility index (Phi) is 11.2. The number of rotatable bonds is 11. The van der Waals surface area contributed by atoms with Gasteiger partial charge in [0.05, 0.1) is 0 Å². The number of nitrogens with zero attached hydrogens (tertiary/aromatic N) is 4. The molecule has 16 nitrogen and oxygen atoms in total. The third kappa shape index (κ3) is 7.95. The molecule has 0 saturated carbocycles. The van der Waals surface area contributed by atoms with Gasteiger partial charge in [0.15, 0.2) is 15.8 Å². The van der Waals surface area contributed by atoms with Gasteiger partial charge in [0.25, 0.3) is 11.8 Å². The lowest BCUT2D eigenvalue weighted by atomic mass is 10.0. The maximum Gasteiger partial charge on any atom is 0.352 e. The van der Waals surface area contributed by atoms with E-state index in [0.717, 1.165) is 31.9 Å². The number of fused-ring (bicyclic) bond motifs is 1. The summed E-state index contributed by atoms with van der Waals surface area (Å²) < 4.78 is 10.7. The van der Waals surface area contributed by atoms with E-state index >= 15 is 0 Å². The molecule has 0 spiro atoms. The van der Waals surface area contributed by atoms with Gasteiger partial charge in [-0.25, -0.2) is 9.59 Å². The number of hydrogen-bond donors (Lipinski definition) is 3. The minimum Gasteiger partial charge on any atom is -0.477 e. The SMILES string of the molecule is CC(=O)Oc1ccc(C(=O)N(C)C(=O)NC(C(=O)NC2C(=O)N3C(C(=O)O)=C(CSc4nncs4)CS[C@@H]23)c2ccccc2)cc1OC(C)=O. The third-order valence-corrected chi connectivity index (χ3v) is 10.5. The number of aromatic nitrogens is 2. The van der Waals surface area contributed by atoms with E-state index in [4.69, 9.17) is 9.47 Å². The first-order valence-electron chi connectivity index (χ1n) is 14.6. The summed E-state index contributed by atoms with van der Waals surface area (Å²) in [7, 11) is 1.16. The van der Waals surface area contributed by atoms with Crippen LogP contribution in [-0.4, -0.2) is 96.7 Å². The molecule has 1 saturated heterocycles. The van der Waals surface area contributed by atoms with E-state index in [1.54, 1.807) is 35.8 Å². The normalized spacial score (nSPS) is 17.1. The average molecular weight is 741 g/mol. The Hall–Kier alpha value is -5.27. The van der Waals surface area contributed by atoms with Gasteiger partial charge >= 0.3 is 23.9 Å². The molecule has 3 atom stereocenters. The van der Waals surface area contributed by atoms with Crippen molar-refractivity contribution in [3.63, 3.8) is 0 Å². The Labute approximate surface area is 296 Å². The maximum absolute atomic E-state index is 13.7. The molecule has 2 aliphatic heterocycles. The van der Waals surface area contributed by atoms with Crippen LogP contribution >= 0.6 is 34.9 Å². The Balaban J connectivity index is 1.30. The zero-order valence-electron chi connectivity index (χ0n) is 26.5. The number of benzene rings is 2. The summed E-state index contributed by atoms with van der Waals surface area (Å²) in [6.45, 7) is 2.26. The molecule has 2 aromatic carbocycles. The van der Waals surface area contributed by atoms with Crippen LogP contribution in [0, 0.1) is 0 Å². The van der Waals surface area contributed by atoms with Crippen molar-refractivity contribution in [2.24, 2.45) is 0 Å². The van der Waals surface area contributed by atoms with Crippen LogP contribution in [0.15, 0.2) is 69.7 Å². The van der Waals surface area contributed by atoms with Crippen molar-refractivity contribution in [2.45, 2.75) is 35.6 Å². The molecular weight excluding hydrogens is 713 g/mol. The molecule has 0 aliphatic carbocycles. The standard InChI is InChI=1S/C31H28N6O10S3/c1-15(38)46-20-10-9-18(11-21(20)47-16(2)39)26(41)36(3)30(45)34-22(17-7-5-4-6-8-17)25(40)33-23-27(42)37-24(29(43)44)19(12-48-28(23)37)13-49-31-35-32-14-50-31/h4-11,14,22-23,28H,12-13H2,1-3H3,(H,33,40)(H,34,45)(H,43,44)/t22?,23?,28-/m0/s1. The molecule has 0 radical (unpaired) electrons. The lowest BCUT2D eigenvalue weighted by Crippen LogP contribution is -2.71. The minimum atomic E-state index is -1.37. The topological polar surface area (TPSA) is 214 Å². The van der Waals surface area contributed by atoms with Crippen LogP contribution < -0.4 is 20.1 Å². The second-order valence-corrected chi connectivity index (χ2v) is 13.8. The first-order chi connectivity index (χ1) is 23.8. The highest BCUT2D eigenvalue weighted by molar-refractivity contribution is 8.01. The predicted molar refractivity (Wildman–Crippen MR) is 179 cm³/mol. The Morgan fingerprint density at radius 1 is 1.06 bits per heavy atom. The number of hydrogen-bond acceptors (Lipinski definition) is 14. The molecule has 1 aromatic heterocycles. The molecule has 5 amide bonds. The van der Waals surface area contributed by atoms with Crippen molar-refractivity contribution in [3.8, 4) is 11.5 Å². The lowest BCUT2D eigenvalue weighted by Gasteiger charge is -2.49. The molecule has 50 heavy (non-hydrogen) atoms. The van der Waals surface area contributed by atoms with E-state index in [1.807, 2.05) is 0 Å². The minimum absolute atomic E-state index is 0.103. The zero-order chi connectivity index (χ0) is 36.1. The molecule has 3 heterocycles. The number of urea groups is 1. The lowest BCUT2D eigenvalue weighted by molar-refractivity contribution is -0.151. The highest BCUT2D eigenvalue weighted by Crippen LogP contribution is 2.42. The van der Waals surface area contributed by atoms with Crippen LogP contribution in [0.5, 0.6) is 11.5 Å². The van der Waals surface area contributed by atoms with Crippen molar-refractivity contribution >= 4 is 76.5 Å². The van der Waals surface area contributed by atoms with Crippen molar-refractivity contribution < 1.29 is 48.1 Å². The first kappa shape index (κ1) is 36.0. The Morgan fingerprint density at radius 2 is 1.76 bits per heavy atom. The number of carbonyl (C=O) groups excluding carboxylic acids is 6. The molecule has 2 aliphatic rings. The number of esters is 2. The van der Waals surface area contributed by atoms with Crippen LogP contribution in [0.3, 0.4) is 0 Å². The first-order valence-corrected chi connectivity index (χ1v) is 17.5. The molecule has 3 aromatic rings. The van der Waals surface area contributed by atoms with Gasteiger partial charge in [-0.1, -0.05) is 53.4 Å². The van der Waals surface area contributed by atoms with Gasteiger partial charge < -0.3 is 25.2 Å². The largest absolute Gasteiger partial charge is 0.477 e. The fourth-order valence-electron chi connectivity index (χ4n) is 4.97. The van der Waals surface area contributed by atoms with Crippen LogP contribution in [-0.2, 0) is 24.0 Å². The molecule has 19 heteroatoms. The maximum atomic E-state index is 13.7. The fourth-order valence-corrected chi connectivity index (χ4v) is 7.95. The van der Waals surface area contributed by atoms with Gasteiger partial charge in [0.2, 0.25) is 5.91 Å². The summed E-state index contributed by atoms with van der Waals surface area (Å²) in [5.41, 5.74) is 2.17. The second kappa shape index (κ2) is 15.5. The number of nitrogens with one attached hydrogen (secondary N) is 2. The molecule has 3 N–H and O–H groups in total. The number of thioether (sulfide) groups is 2. The number of aliphatic carboxylic acids is 1. The highest BCUT2D eigenvalue weighted by Gasteiger charge is 2.54. The van der Waals surface area contributed by atoms with Crippen LogP contribution in [0.2, 0.25) is 0 Å². The van der Waals surface area contributed by atoms with E-state index in [2.05, 4.69) is 20.8 Å². The van der Waals surface area contributed by atoms with Crippen molar-refractivity contribution in [3.05, 3.63) is 76.4 Å². The van der Waals surface area contributed by atoms with Gasteiger partial charge in [0.1, 0.15) is 28.7 Å². The average Bonchev–Trinajstić information content (AvgIpc) is 3.61. The van der Waals surface area contributed by atoms with E-state index in [0.29, 0.717) is 26.1 Å². The van der Waals surface area contributed by atoms with Crippen LogP contribution in [0.25, 0.3) is 0 Å². The fraction of sp³-hybridized carbons (Fsp3) is 0.258. The number of amides is 5. The summed E-state index contributed by atoms with van der Waals surface area (Å²) in [6.07, 6.45) is 0. The molecule has 260 valence electrons. The molecule has 2 unspecified atom stereocenters. The summed E-state index contributed by atoms with van der Waals surface area (Å²) in [6, 6.07) is 8.29. The molecular formula is C31H28N6O10S3. The Morgan fingerprint density at radius 3 is 2.40 bits per heavy atom. The van der Waals surface area contributed by atoms with E-state index in [9.17, 15) is 38.7 Å². The van der Waals surface area contributed by atoms with Crippen molar-refractivity contribution in [1.82, 2.24) is 30.6 Å². The highest BCUT2D eigenvalue weighted by atomic mass is 32.2. The number of carboxylic acid groups (broad SMARTS) is 1. The smallest absolute Gasteiger partial charge is 0.352 e. The summed E-state index contributed by atoms with van der Waals surface area (Å²) >= 11 is 3.91. The number of β-lactam (4-membered cyclic amide) rings is 1. The van der Waals surface area contributed by atoms with Crippen molar-refractivity contribution in [2.75, 3.05) is 18.6 Å². The van der Waals surface area contributed by atoms with Gasteiger partial charge in [0, 0.05) is 38.0 Å². The summed E-state index contributed by atoms with van der Waals surface area (Å²) in [4.78, 5) is 90.9. The predicted octanol–water partition coefficient (Wildman–Crippen LogP) is 2.44.